The normalized spacial score (nSPS) is 17.1. The molecule has 0 aromatic carbocycles. The maximum Gasteiger partial charge on any atom is 0.315 e. The molecular weight excluding hydrogens is 294 g/mol. The molecule has 0 saturated carbocycles. The molecule has 23 heavy (non-hydrogen) atoms. The average molecular weight is 315 g/mol. The third kappa shape index (κ3) is 2.96. The summed E-state index contributed by atoms with van der Waals surface area (Å²) < 4.78 is 12.6. The number of rotatable bonds is 4. The molecular formula is C18H21NO4. The molecule has 2 aromatic heterocycles. The molecule has 1 unspecified atom stereocenters. The number of ether oxygens (including phenoxy) is 1. The second-order valence-corrected chi connectivity index (χ2v) is 6.29. The number of ketones is 1. The summed E-state index contributed by atoms with van der Waals surface area (Å²) in [6, 6.07) is 5.36. The van der Waals surface area contributed by atoms with E-state index in [-0.39, 0.29) is 23.8 Å². The molecule has 1 atom stereocenters. The summed E-state index contributed by atoms with van der Waals surface area (Å²) in [5.41, 5.74) is 2.34. The molecule has 0 fully saturated rings. The van der Waals surface area contributed by atoms with Crippen LogP contribution in [0.25, 0.3) is 0 Å². The number of aryl methyl sites for hydroxylation is 1. The second kappa shape index (κ2) is 6.07. The van der Waals surface area contributed by atoms with E-state index in [9.17, 15) is 9.59 Å². The lowest BCUT2D eigenvalue weighted by Crippen LogP contribution is -2.27. The lowest BCUT2D eigenvalue weighted by molar-refractivity contribution is -0.149. The van der Waals surface area contributed by atoms with E-state index >= 15 is 0 Å². The number of esters is 1. The van der Waals surface area contributed by atoms with Gasteiger partial charge >= 0.3 is 5.97 Å². The summed E-state index contributed by atoms with van der Waals surface area (Å²) in [5.74, 6) is -0.338. The van der Waals surface area contributed by atoms with Crippen molar-refractivity contribution < 1.29 is 18.7 Å². The van der Waals surface area contributed by atoms with E-state index in [1.165, 1.54) is 0 Å². The Morgan fingerprint density at radius 2 is 2.13 bits per heavy atom. The fraction of sp³-hybridized carbons (Fsp3) is 0.444. The van der Waals surface area contributed by atoms with Gasteiger partial charge in [-0.2, -0.15) is 0 Å². The minimum Gasteiger partial charge on any atom is -0.462 e. The summed E-state index contributed by atoms with van der Waals surface area (Å²) in [5, 5.41) is 0. The van der Waals surface area contributed by atoms with Crippen molar-refractivity contribution in [2.45, 2.75) is 52.2 Å². The SMILES string of the molecule is Cc1coc(C(=O)c2ccc3n2CCCC3C(=O)OC(C)C)c1. The zero-order chi connectivity index (χ0) is 16.6. The Hall–Kier alpha value is -2.30. The predicted molar refractivity (Wildman–Crippen MR) is 84.5 cm³/mol. The third-order valence-corrected chi connectivity index (χ3v) is 4.07. The Kier molecular flexibility index (Phi) is 4.11. The lowest BCUT2D eigenvalue weighted by Gasteiger charge is -2.25. The van der Waals surface area contributed by atoms with Crippen LogP contribution in [-0.2, 0) is 16.1 Å². The zero-order valence-corrected chi connectivity index (χ0v) is 13.7. The van der Waals surface area contributed by atoms with E-state index in [2.05, 4.69) is 0 Å². The van der Waals surface area contributed by atoms with Crippen LogP contribution in [0.3, 0.4) is 0 Å². The Balaban J connectivity index is 1.91. The molecule has 1 aliphatic heterocycles. The van der Waals surface area contributed by atoms with Crippen molar-refractivity contribution in [1.29, 1.82) is 0 Å². The predicted octanol–water partition coefficient (Wildman–Crippen LogP) is 3.45. The third-order valence-electron chi connectivity index (χ3n) is 4.07. The number of fused-ring (bicyclic) bond motifs is 1. The minimum atomic E-state index is -0.300. The highest BCUT2D eigenvalue weighted by Gasteiger charge is 2.31. The first-order valence-electron chi connectivity index (χ1n) is 7.97. The summed E-state index contributed by atoms with van der Waals surface area (Å²) in [6.45, 7) is 6.29. The standard InChI is InChI=1S/C18H21NO4/c1-11(2)23-18(21)13-5-4-8-19-14(13)6-7-15(19)17(20)16-9-12(3)10-22-16/h6-7,9-11,13H,4-5,8H2,1-3H3. The van der Waals surface area contributed by atoms with Crippen LogP contribution in [0.5, 0.6) is 0 Å². The molecule has 0 saturated heterocycles. The number of nitrogens with zero attached hydrogens (tertiary/aromatic N) is 1. The maximum absolute atomic E-state index is 12.6. The van der Waals surface area contributed by atoms with E-state index in [1.54, 1.807) is 18.4 Å². The van der Waals surface area contributed by atoms with Gasteiger partial charge in [0.05, 0.1) is 24.0 Å². The smallest absolute Gasteiger partial charge is 0.315 e. The van der Waals surface area contributed by atoms with E-state index in [0.717, 1.165) is 30.6 Å². The zero-order valence-electron chi connectivity index (χ0n) is 13.7. The van der Waals surface area contributed by atoms with Crippen LogP contribution in [0, 0.1) is 6.92 Å². The van der Waals surface area contributed by atoms with Crippen molar-refractivity contribution in [3.05, 3.63) is 47.2 Å². The molecule has 0 amide bonds. The van der Waals surface area contributed by atoms with Gasteiger partial charge in [0, 0.05) is 12.2 Å². The molecule has 1 aliphatic rings. The first kappa shape index (κ1) is 15.6. The highest BCUT2D eigenvalue weighted by atomic mass is 16.5. The molecule has 0 spiro atoms. The van der Waals surface area contributed by atoms with Gasteiger partial charge in [0.2, 0.25) is 5.78 Å². The number of hydrogen-bond acceptors (Lipinski definition) is 4. The van der Waals surface area contributed by atoms with Gasteiger partial charge in [-0.25, -0.2) is 0 Å². The van der Waals surface area contributed by atoms with Gasteiger partial charge in [0.25, 0.3) is 0 Å². The van der Waals surface area contributed by atoms with Crippen molar-refractivity contribution >= 4 is 11.8 Å². The van der Waals surface area contributed by atoms with Crippen molar-refractivity contribution in [1.82, 2.24) is 4.57 Å². The van der Waals surface area contributed by atoms with Crippen molar-refractivity contribution in [3.8, 4) is 0 Å². The molecule has 0 radical (unpaired) electrons. The minimum absolute atomic E-state index is 0.139. The topological polar surface area (TPSA) is 61.4 Å². The number of furan rings is 1. The van der Waals surface area contributed by atoms with E-state index in [0.29, 0.717) is 11.5 Å². The van der Waals surface area contributed by atoms with Crippen LogP contribution in [-0.4, -0.2) is 22.4 Å². The first-order valence-corrected chi connectivity index (χ1v) is 7.97. The van der Waals surface area contributed by atoms with Crippen LogP contribution in [0.4, 0.5) is 0 Å². The maximum atomic E-state index is 12.6. The van der Waals surface area contributed by atoms with Gasteiger partial charge < -0.3 is 13.7 Å². The van der Waals surface area contributed by atoms with Gasteiger partial charge in [-0.3, -0.25) is 9.59 Å². The Bertz CT molecular complexity index is 738. The van der Waals surface area contributed by atoms with Gasteiger partial charge in [-0.05, 0) is 57.4 Å². The van der Waals surface area contributed by atoms with E-state index in [4.69, 9.17) is 9.15 Å². The monoisotopic (exact) mass is 315 g/mol. The van der Waals surface area contributed by atoms with E-state index in [1.807, 2.05) is 31.4 Å². The number of hydrogen-bond donors (Lipinski definition) is 0. The molecule has 3 heterocycles. The molecule has 5 nitrogen and oxygen atoms in total. The highest BCUT2D eigenvalue weighted by Crippen LogP contribution is 2.31. The van der Waals surface area contributed by atoms with Crippen molar-refractivity contribution in [3.63, 3.8) is 0 Å². The second-order valence-electron chi connectivity index (χ2n) is 6.29. The number of carbonyl (C=O) groups is 2. The molecule has 3 rings (SSSR count). The first-order chi connectivity index (χ1) is 11.0. The molecule has 0 N–H and O–H groups in total. The highest BCUT2D eigenvalue weighted by molar-refractivity contribution is 6.06. The molecule has 5 heteroatoms. The summed E-state index contributed by atoms with van der Waals surface area (Å²) in [7, 11) is 0. The Morgan fingerprint density at radius 1 is 1.35 bits per heavy atom. The molecule has 122 valence electrons. The molecule has 0 bridgehead atoms. The number of aromatic nitrogens is 1. The van der Waals surface area contributed by atoms with Gasteiger partial charge in [0.15, 0.2) is 5.76 Å². The van der Waals surface area contributed by atoms with Crippen LogP contribution in [0.15, 0.2) is 28.9 Å². The lowest BCUT2D eigenvalue weighted by atomic mass is 9.96. The largest absolute Gasteiger partial charge is 0.462 e. The Labute approximate surface area is 135 Å². The van der Waals surface area contributed by atoms with Crippen molar-refractivity contribution in [2.24, 2.45) is 0 Å². The van der Waals surface area contributed by atoms with Crippen LogP contribution in [0.1, 0.15) is 60.1 Å². The van der Waals surface area contributed by atoms with Crippen LogP contribution in [0.2, 0.25) is 0 Å². The van der Waals surface area contributed by atoms with Gasteiger partial charge in [-0.1, -0.05) is 0 Å². The number of carbonyl (C=O) groups excluding carboxylic acids is 2. The van der Waals surface area contributed by atoms with Crippen LogP contribution < -0.4 is 0 Å². The van der Waals surface area contributed by atoms with Gasteiger partial charge in [-0.15, -0.1) is 0 Å². The summed E-state index contributed by atoms with van der Waals surface area (Å²) in [6.07, 6.45) is 3.02. The summed E-state index contributed by atoms with van der Waals surface area (Å²) >= 11 is 0. The fourth-order valence-corrected chi connectivity index (χ4v) is 3.07. The fourth-order valence-electron chi connectivity index (χ4n) is 3.07. The van der Waals surface area contributed by atoms with Gasteiger partial charge in [0.1, 0.15) is 0 Å². The average Bonchev–Trinajstić information content (AvgIpc) is 3.11. The summed E-state index contributed by atoms with van der Waals surface area (Å²) in [4.78, 5) is 24.9. The quantitative estimate of drug-likeness (QED) is 0.640. The van der Waals surface area contributed by atoms with E-state index < -0.39 is 0 Å². The molecule has 0 aliphatic carbocycles. The van der Waals surface area contributed by atoms with Crippen LogP contribution >= 0.6 is 0 Å². The molecule has 2 aromatic rings. The van der Waals surface area contributed by atoms with Crippen molar-refractivity contribution in [2.75, 3.05) is 0 Å². The Morgan fingerprint density at radius 3 is 2.78 bits per heavy atom.